The Balaban J connectivity index is 1.86. The number of aryl methyl sites for hydroxylation is 2. The molecule has 1 aromatic carbocycles. The van der Waals surface area contributed by atoms with Gasteiger partial charge in [-0.2, -0.15) is 8.42 Å². The maximum absolute atomic E-state index is 14.0. The normalized spacial score (nSPS) is 24.8. The average molecular weight is 603 g/mol. The fourth-order valence-electron chi connectivity index (χ4n) is 5.09. The molecule has 0 aliphatic carbocycles. The maximum atomic E-state index is 14.0. The molecule has 3 N–H and O–H groups in total. The molecule has 0 saturated carbocycles. The molecule has 1 amide bonds. The number of nitrogens with two attached hydrogens (primary N) is 1. The van der Waals surface area contributed by atoms with Gasteiger partial charge in [-0.05, 0) is 39.3 Å². The van der Waals surface area contributed by atoms with Gasteiger partial charge in [0.1, 0.15) is 11.4 Å². The number of fused-ring (bicyclic) bond motifs is 1. The predicted octanol–water partition coefficient (Wildman–Crippen LogP) is -0.461. The maximum Gasteiger partial charge on any atom is 0.519 e. The molecule has 2 saturated heterocycles. The molecule has 0 bridgehead atoms. The Kier molecular flexibility index (Phi) is 7.02. The molecule has 3 atom stereocenters. The van der Waals surface area contributed by atoms with Crippen molar-refractivity contribution in [1.82, 2.24) is 4.90 Å². The van der Waals surface area contributed by atoms with Crippen LogP contribution in [0.3, 0.4) is 0 Å². The van der Waals surface area contributed by atoms with Crippen LogP contribution in [-0.4, -0.2) is 72.9 Å². The van der Waals surface area contributed by atoms with Gasteiger partial charge in [0.15, 0.2) is 38.9 Å². The summed E-state index contributed by atoms with van der Waals surface area (Å²) in [4.78, 5) is 50.8. The first-order valence-electron chi connectivity index (χ1n) is 11.7. The van der Waals surface area contributed by atoms with E-state index < -0.39 is 89.9 Å². The van der Waals surface area contributed by atoms with Gasteiger partial charge in [-0.3, -0.25) is 14.1 Å². The lowest BCUT2D eigenvalue weighted by atomic mass is 9.78. The second-order valence-electron chi connectivity index (χ2n) is 9.88. The van der Waals surface area contributed by atoms with Crippen molar-refractivity contribution in [3.05, 3.63) is 51.5 Å². The number of rotatable bonds is 8. The van der Waals surface area contributed by atoms with Gasteiger partial charge >= 0.3 is 17.8 Å². The lowest BCUT2D eigenvalue weighted by Crippen LogP contribution is -2.72. The summed E-state index contributed by atoms with van der Waals surface area (Å²) in [6.07, 6.45) is 0. The predicted molar refractivity (Wildman–Crippen MR) is 132 cm³/mol. The third kappa shape index (κ3) is 4.15. The summed E-state index contributed by atoms with van der Waals surface area (Å²) >= 11 is 0. The molecule has 2 fully saturated rings. The zero-order valence-electron chi connectivity index (χ0n) is 21.7. The minimum Gasteiger partial charge on any atom is -0.462 e. The fraction of sp³-hybridized carbons (Fsp3) is 0.478. The number of β-lactam (4-membered cyclic amide) rings is 1. The first-order valence-corrected chi connectivity index (χ1v) is 14.7. The van der Waals surface area contributed by atoms with E-state index in [4.69, 9.17) is 24.0 Å². The molecule has 2 aliphatic heterocycles. The van der Waals surface area contributed by atoms with Gasteiger partial charge in [0, 0.05) is 0 Å². The molecular formula is C23H26N2O13S2. The summed E-state index contributed by atoms with van der Waals surface area (Å²) in [6, 6.07) is 3.64. The number of nitrogens with zero attached hydrogens (tertiary/aromatic N) is 1. The number of ether oxygens (including phenoxy) is 2. The summed E-state index contributed by atoms with van der Waals surface area (Å²) < 4.78 is 79.6. The smallest absolute Gasteiger partial charge is 0.462 e. The Morgan fingerprint density at radius 2 is 1.80 bits per heavy atom. The van der Waals surface area contributed by atoms with Crippen molar-refractivity contribution < 1.29 is 54.1 Å². The van der Waals surface area contributed by atoms with Crippen LogP contribution in [0.5, 0.6) is 0 Å². The highest BCUT2D eigenvalue weighted by Crippen LogP contribution is 2.58. The van der Waals surface area contributed by atoms with Crippen LogP contribution in [0.15, 0.2) is 36.7 Å². The van der Waals surface area contributed by atoms with Gasteiger partial charge in [-0.1, -0.05) is 17.7 Å². The second-order valence-corrected chi connectivity index (χ2v) is 13.9. The SMILES string of the molecule is Cc1ccc(S(=O)(=O)O)c([C@@H]2C(=O)N3[C@@H]2S(=O)(=O)C(C)(C)[C@]3(COC(=O)CN)C(=O)OCc2oc(=O)oc2C)c1. The molecule has 4 rings (SSSR count). The molecule has 2 aliphatic rings. The number of amides is 1. The largest absolute Gasteiger partial charge is 0.519 e. The van der Waals surface area contributed by atoms with Gasteiger partial charge < -0.3 is 28.9 Å². The van der Waals surface area contributed by atoms with Gasteiger partial charge in [0.05, 0.1) is 17.4 Å². The lowest BCUT2D eigenvalue weighted by molar-refractivity contribution is -0.183. The van der Waals surface area contributed by atoms with Crippen molar-refractivity contribution in [3.63, 3.8) is 0 Å². The van der Waals surface area contributed by atoms with Crippen molar-refractivity contribution in [2.75, 3.05) is 13.2 Å². The van der Waals surface area contributed by atoms with Crippen molar-refractivity contribution in [3.8, 4) is 0 Å². The van der Waals surface area contributed by atoms with Crippen LogP contribution in [-0.2, 0) is 50.4 Å². The van der Waals surface area contributed by atoms with Crippen molar-refractivity contribution in [1.29, 1.82) is 0 Å². The molecule has 3 heterocycles. The Morgan fingerprint density at radius 1 is 1.15 bits per heavy atom. The van der Waals surface area contributed by atoms with Crippen LogP contribution in [0.2, 0.25) is 0 Å². The van der Waals surface area contributed by atoms with Crippen LogP contribution in [0.4, 0.5) is 0 Å². The summed E-state index contributed by atoms with van der Waals surface area (Å²) in [7, 11) is -9.44. The number of carbonyl (C=O) groups excluding carboxylic acids is 3. The van der Waals surface area contributed by atoms with Crippen molar-refractivity contribution in [2.45, 2.75) is 60.8 Å². The molecule has 15 nitrogen and oxygen atoms in total. The Hall–Kier alpha value is -3.54. The third-order valence-corrected chi connectivity index (χ3v) is 11.2. The number of hydrogen-bond acceptors (Lipinski definition) is 13. The summed E-state index contributed by atoms with van der Waals surface area (Å²) in [5, 5.41) is -1.80. The topological polar surface area (TPSA) is 231 Å². The third-order valence-electron chi connectivity index (χ3n) is 7.37. The van der Waals surface area contributed by atoms with Crippen LogP contribution in [0, 0.1) is 13.8 Å². The van der Waals surface area contributed by atoms with Gasteiger partial charge in [0.2, 0.25) is 5.91 Å². The standard InChI is InChI=1S/C23H26N2O13S2/c1-11-5-6-15(40(32,33)34)13(7-11)17-18(27)25-19(17)39(30,31)22(3,4)23(25,10-36-16(26)8-24)20(28)35-9-14-12(2)37-21(29)38-14/h5-7,17,19H,8-10,24H2,1-4H3,(H,32,33,34)/t17-,19-,23+/m1/s1. The molecule has 2 aromatic rings. The molecule has 0 unspecified atom stereocenters. The zero-order chi connectivity index (χ0) is 30.0. The van der Waals surface area contributed by atoms with Gasteiger partial charge in [-0.25, -0.2) is 18.0 Å². The molecule has 1 aromatic heterocycles. The van der Waals surface area contributed by atoms with E-state index in [1.54, 1.807) is 6.92 Å². The molecule has 17 heteroatoms. The van der Waals surface area contributed by atoms with E-state index in [1.807, 2.05) is 0 Å². The number of hydrogen-bond donors (Lipinski definition) is 2. The monoisotopic (exact) mass is 602 g/mol. The summed E-state index contributed by atoms with van der Waals surface area (Å²) in [6.45, 7) is 2.88. The first-order chi connectivity index (χ1) is 18.4. The number of benzene rings is 1. The zero-order valence-corrected chi connectivity index (χ0v) is 23.3. The number of esters is 2. The molecular weight excluding hydrogens is 576 g/mol. The van der Waals surface area contributed by atoms with E-state index in [-0.39, 0.29) is 17.1 Å². The van der Waals surface area contributed by atoms with Crippen LogP contribution in [0.25, 0.3) is 0 Å². The van der Waals surface area contributed by atoms with Crippen LogP contribution in [0.1, 0.15) is 42.4 Å². The van der Waals surface area contributed by atoms with E-state index in [0.717, 1.165) is 19.9 Å². The minimum absolute atomic E-state index is 0.0186. The minimum atomic E-state index is -4.89. The fourth-order valence-corrected chi connectivity index (χ4v) is 8.32. The highest BCUT2D eigenvalue weighted by Gasteiger charge is 2.81. The number of sulfone groups is 1. The summed E-state index contributed by atoms with van der Waals surface area (Å²) in [5.74, 6) is -6.24. The molecule has 218 valence electrons. The van der Waals surface area contributed by atoms with E-state index in [0.29, 0.717) is 10.5 Å². The molecule has 40 heavy (non-hydrogen) atoms. The highest BCUT2D eigenvalue weighted by molar-refractivity contribution is 7.94. The van der Waals surface area contributed by atoms with Crippen molar-refractivity contribution >= 4 is 37.8 Å². The highest BCUT2D eigenvalue weighted by atomic mass is 32.2. The van der Waals surface area contributed by atoms with Gasteiger partial charge in [-0.15, -0.1) is 0 Å². The lowest BCUT2D eigenvalue weighted by Gasteiger charge is -2.49. The average Bonchev–Trinajstić information content (AvgIpc) is 3.23. The van der Waals surface area contributed by atoms with E-state index in [9.17, 15) is 40.6 Å². The molecule has 0 spiro atoms. The van der Waals surface area contributed by atoms with Crippen molar-refractivity contribution in [2.24, 2.45) is 5.73 Å². The van der Waals surface area contributed by atoms with E-state index in [2.05, 4.69) is 0 Å². The Bertz CT molecular complexity index is 1690. The molecule has 0 radical (unpaired) electrons. The Labute approximate surface area is 227 Å². The second kappa shape index (κ2) is 9.53. The first kappa shape index (κ1) is 29.4. The van der Waals surface area contributed by atoms with Crippen LogP contribution < -0.4 is 11.6 Å². The van der Waals surface area contributed by atoms with Gasteiger partial charge in [0.25, 0.3) is 10.1 Å². The quantitative estimate of drug-likeness (QED) is 0.221. The van der Waals surface area contributed by atoms with E-state index >= 15 is 0 Å². The van der Waals surface area contributed by atoms with E-state index in [1.165, 1.54) is 19.1 Å². The summed E-state index contributed by atoms with van der Waals surface area (Å²) in [5.41, 5.74) is 3.01. The number of carbonyl (C=O) groups is 3. The Morgan fingerprint density at radius 3 is 2.35 bits per heavy atom. The van der Waals surface area contributed by atoms with Crippen LogP contribution >= 0.6 is 0 Å².